The minimum Gasteiger partial charge on any atom is -0.390 e. The molecule has 0 aliphatic heterocycles. The van der Waals surface area contributed by atoms with E-state index >= 15 is 0 Å². The minimum atomic E-state index is -4.41. The lowest BCUT2D eigenvalue weighted by Crippen LogP contribution is -2.28. The quantitative estimate of drug-likeness (QED) is 0.135. The summed E-state index contributed by atoms with van der Waals surface area (Å²) in [7, 11) is -8.64. The molecule has 0 amide bonds. The van der Waals surface area contributed by atoms with Crippen molar-refractivity contribution in [3.63, 3.8) is 0 Å². The van der Waals surface area contributed by atoms with Gasteiger partial charge in [-0.25, -0.2) is 9.97 Å². The molecule has 0 spiro atoms. The Morgan fingerprint density at radius 1 is 0.838 bits per heavy atom. The number of hydrogen-bond acceptors (Lipinski definition) is 15. The molecular formula is C18H24N10O7S2. The first-order chi connectivity index (χ1) is 17.3. The van der Waals surface area contributed by atoms with E-state index in [9.17, 15) is 21.9 Å². The van der Waals surface area contributed by atoms with Crippen molar-refractivity contribution in [2.75, 3.05) is 45.9 Å². The van der Waals surface area contributed by atoms with Gasteiger partial charge in [-0.15, -0.1) is 0 Å². The van der Waals surface area contributed by atoms with Crippen molar-refractivity contribution in [3.8, 4) is 0 Å². The Hall–Kier alpha value is -3.78. The highest BCUT2D eigenvalue weighted by molar-refractivity contribution is 7.86. The normalized spacial score (nSPS) is 12.5. The lowest BCUT2D eigenvalue weighted by Gasteiger charge is -2.13. The van der Waals surface area contributed by atoms with Gasteiger partial charge in [0.25, 0.3) is 20.2 Å². The first-order valence-electron chi connectivity index (χ1n) is 10.5. The number of nitrogens with zero attached hydrogens (tertiary/aromatic N) is 6. The maximum absolute atomic E-state index is 11.0. The Morgan fingerprint density at radius 2 is 1.46 bits per heavy atom. The molecule has 7 N–H and O–H groups in total. The number of hydrogen-bond donors (Lipinski definition) is 7. The van der Waals surface area contributed by atoms with Gasteiger partial charge in [0.2, 0.25) is 23.8 Å². The number of anilines is 6. The molecule has 0 radical (unpaired) electrons. The highest BCUT2D eigenvalue weighted by Crippen LogP contribution is 2.21. The summed E-state index contributed by atoms with van der Waals surface area (Å²) in [4.78, 5) is 24.5. The monoisotopic (exact) mass is 556 g/mol. The maximum Gasteiger partial charge on any atom is 0.267 e. The van der Waals surface area contributed by atoms with Crippen LogP contribution in [0.2, 0.25) is 0 Å². The number of benzene rings is 1. The Bertz CT molecular complexity index is 1440. The Morgan fingerprint density at radius 3 is 2.08 bits per heavy atom. The van der Waals surface area contributed by atoms with Gasteiger partial charge in [0, 0.05) is 24.5 Å². The molecule has 2 aromatic heterocycles. The fraction of sp³-hybridized carbons (Fsp3) is 0.333. The summed E-state index contributed by atoms with van der Waals surface area (Å²) < 4.78 is 61.7. The van der Waals surface area contributed by atoms with Crippen molar-refractivity contribution >= 4 is 55.4 Å². The van der Waals surface area contributed by atoms with Gasteiger partial charge in [-0.3, -0.25) is 9.11 Å². The molecule has 0 saturated carbocycles. The van der Waals surface area contributed by atoms with Gasteiger partial charge in [0.15, 0.2) is 0 Å². The molecule has 1 unspecified atom stereocenters. The average Bonchev–Trinajstić information content (AvgIpc) is 2.76. The first kappa shape index (κ1) is 27.8. The maximum atomic E-state index is 11.0. The summed E-state index contributed by atoms with van der Waals surface area (Å²) in [5, 5.41) is 21.0. The molecule has 19 heteroatoms. The van der Waals surface area contributed by atoms with E-state index in [0.29, 0.717) is 23.1 Å². The zero-order valence-corrected chi connectivity index (χ0v) is 20.9. The van der Waals surface area contributed by atoms with Crippen LogP contribution < -0.4 is 21.3 Å². The molecule has 0 saturated heterocycles. The van der Waals surface area contributed by atoms with Crippen molar-refractivity contribution < 1.29 is 31.0 Å². The Labute approximate surface area is 211 Å². The van der Waals surface area contributed by atoms with Gasteiger partial charge in [0.05, 0.1) is 11.9 Å². The number of aryl methyl sites for hydroxylation is 1. The van der Waals surface area contributed by atoms with E-state index in [2.05, 4.69) is 51.2 Å². The molecule has 0 aliphatic carbocycles. The van der Waals surface area contributed by atoms with Crippen molar-refractivity contribution in [2.45, 2.75) is 13.0 Å². The number of aliphatic hydroxyl groups is 1. The van der Waals surface area contributed by atoms with Gasteiger partial charge in [0.1, 0.15) is 17.9 Å². The summed E-state index contributed by atoms with van der Waals surface area (Å²) in [6, 6.07) is 6.92. The first-order valence-corrected chi connectivity index (χ1v) is 13.7. The number of nitrogens with one attached hydrogen (secondary N) is 4. The van der Waals surface area contributed by atoms with Gasteiger partial charge >= 0.3 is 0 Å². The van der Waals surface area contributed by atoms with Crippen molar-refractivity contribution in [1.29, 1.82) is 0 Å². The van der Waals surface area contributed by atoms with E-state index in [1.165, 1.54) is 6.33 Å². The molecule has 17 nitrogen and oxygen atoms in total. The fourth-order valence-electron chi connectivity index (χ4n) is 2.76. The molecule has 0 aliphatic rings. The van der Waals surface area contributed by atoms with Gasteiger partial charge < -0.3 is 26.4 Å². The van der Waals surface area contributed by atoms with Crippen LogP contribution in [0, 0.1) is 6.92 Å². The number of aliphatic hydroxyl groups excluding tert-OH is 1. The van der Waals surface area contributed by atoms with E-state index in [0.717, 1.165) is 0 Å². The zero-order valence-electron chi connectivity index (χ0n) is 19.3. The van der Waals surface area contributed by atoms with Crippen molar-refractivity contribution in [1.82, 2.24) is 29.9 Å². The van der Waals surface area contributed by atoms with E-state index in [1.54, 1.807) is 31.2 Å². The van der Waals surface area contributed by atoms with Crippen LogP contribution in [0.25, 0.3) is 0 Å². The summed E-state index contributed by atoms with van der Waals surface area (Å²) in [6.45, 7) is 1.16. The van der Waals surface area contributed by atoms with Crippen molar-refractivity contribution in [2.24, 2.45) is 0 Å². The molecule has 3 rings (SSSR count). The van der Waals surface area contributed by atoms with Crippen LogP contribution in [0.5, 0.6) is 0 Å². The fourth-order valence-corrected chi connectivity index (χ4v) is 3.73. The van der Waals surface area contributed by atoms with Gasteiger partial charge in [-0.05, 0) is 25.1 Å². The Balaban J connectivity index is 1.78. The second-order valence-corrected chi connectivity index (χ2v) is 10.6. The molecule has 0 bridgehead atoms. The topological polar surface area (TPSA) is 254 Å². The molecular weight excluding hydrogens is 532 g/mol. The van der Waals surface area contributed by atoms with E-state index in [4.69, 9.17) is 9.11 Å². The van der Waals surface area contributed by atoms with Crippen LogP contribution in [-0.4, -0.2) is 91.7 Å². The highest BCUT2D eigenvalue weighted by atomic mass is 32.2. The summed E-state index contributed by atoms with van der Waals surface area (Å²) in [6.07, 6.45) is -0.101. The van der Waals surface area contributed by atoms with Crippen molar-refractivity contribution in [3.05, 3.63) is 36.4 Å². The largest absolute Gasteiger partial charge is 0.390 e. The van der Waals surface area contributed by atoms with E-state index in [1.807, 2.05) is 0 Å². The van der Waals surface area contributed by atoms with Crippen LogP contribution in [0.1, 0.15) is 5.82 Å². The van der Waals surface area contributed by atoms with Crippen LogP contribution in [0.15, 0.2) is 30.6 Å². The predicted molar refractivity (Wildman–Crippen MR) is 133 cm³/mol. The summed E-state index contributed by atoms with van der Waals surface area (Å²) in [5.41, 5.74) is 1.16. The second kappa shape index (κ2) is 12.0. The smallest absolute Gasteiger partial charge is 0.267 e. The molecule has 2 heterocycles. The number of rotatable bonds is 13. The third-order valence-electron chi connectivity index (χ3n) is 4.24. The molecule has 3 aromatic rings. The molecule has 200 valence electrons. The van der Waals surface area contributed by atoms with Crippen LogP contribution in [0.3, 0.4) is 0 Å². The summed E-state index contributed by atoms with van der Waals surface area (Å²) >= 11 is 0. The molecule has 0 fully saturated rings. The molecule has 37 heavy (non-hydrogen) atoms. The Kier molecular flexibility index (Phi) is 8.99. The predicted octanol–water partition coefficient (Wildman–Crippen LogP) is -0.187. The van der Waals surface area contributed by atoms with Crippen LogP contribution >= 0.6 is 0 Å². The lowest BCUT2D eigenvalue weighted by molar-refractivity contribution is 0.207. The standard InChI is InChI=1S/C18H24N10O7S2/c1-11-21-10-22-17(23-11)24-12-3-2-4-13(7-12)25-18-27-15(19-5-6-36(30,31)32)26-16(28-18)20-8-14(29)9-37(33,34)35/h2-4,7,10,14,29H,5-6,8-9H2,1H3,(H,30,31,32)(H,33,34,35)(H,21,22,23,24)(H3,19,20,25,26,27,28). The third kappa shape index (κ3) is 10.4. The highest BCUT2D eigenvalue weighted by Gasteiger charge is 2.15. The van der Waals surface area contributed by atoms with Gasteiger partial charge in [-0.1, -0.05) is 6.07 Å². The van der Waals surface area contributed by atoms with Crippen LogP contribution in [-0.2, 0) is 20.2 Å². The minimum absolute atomic E-state index is 0.00396. The SMILES string of the molecule is Cc1ncnc(Nc2cccc(Nc3nc(NCCS(=O)(=O)O)nc(NCC(O)CS(=O)(=O)O)n3)c2)n1. The van der Waals surface area contributed by atoms with Crippen LogP contribution in [0.4, 0.5) is 35.2 Å². The summed E-state index contributed by atoms with van der Waals surface area (Å²) in [5.74, 6) is -0.821. The molecule has 1 atom stereocenters. The average molecular weight is 557 g/mol. The number of aromatic nitrogens is 6. The third-order valence-corrected chi connectivity index (χ3v) is 5.77. The lowest BCUT2D eigenvalue weighted by atomic mass is 10.3. The zero-order chi connectivity index (χ0) is 27.1. The van der Waals surface area contributed by atoms with E-state index < -0.39 is 37.8 Å². The molecule has 1 aromatic carbocycles. The van der Waals surface area contributed by atoms with E-state index in [-0.39, 0.29) is 30.9 Å². The van der Waals surface area contributed by atoms with Gasteiger partial charge in [-0.2, -0.15) is 36.8 Å². The second-order valence-electron chi connectivity index (χ2n) is 7.49.